The largest absolute Gasteiger partial charge is 0.326 e. The molecular formula is C11H18N2O4S3. The van der Waals surface area contributed by atoms with Gasteiger partial charge in [0.05, 0.1) is 16.4 Å². The summed E-state index contributed by atoms with van der Waals surface area (Å²) in [6.07, 6.45) is 1.04. The molecule has 20 heavy (non-hydrogen) atoms. The van der Waals surface area contributed by atoms with Gasteiger partial charge in [-0.1, -0.05) is 0 Å². The van der Waals surface area contributed by atoms with E-state index < -0.39 is 25.9 Å². The molecule has 3 N–H and O–H groups in total. The van der Waals surface area contributed by atoms with E-state index >= 15 is 0 Å². The molecule has 1 aromatic rings. The van der Waals surface area contributed by atoms with Gasteiger partial charge >= 0.3 is 0 Å². The molecule has 9 heteroatoms. The molecule has 0 aliphatic carbocycles. The number of thiophene rings is 1. The van der Waals surface area contributed by atoms with Crippen molar-refractivity contribution in [2.75, 3.05) is 11.5 Å². The highest BCUT2D eigenvalue weighted by Crippen LogP contribution is 2.26. The molecule has 0 amide bonds. The standard InChI is InChI=1S/C11H18N2O4S3/c1-8-11(5-10(6-12)18-8)20(16,17)13-9-3-2-4-19(14,15)7-9/h5,9,13H,2-4,6-7,12H2,1H3. The third kappa shape index (κ3) is 3.59. The lowest BCUT2D eigenvalue weighted by atomic mass is 10.2. The minimum absolute atomic E-state index is 0.126. The van der Waals surface area contributed by atoms with Crippen molar-refractivity contribution in [3.8, 4) is 0 Å². The number of nitrogens with two attached hydrogens (primary N) is 1. The molecule has 1 aliphatic heterocycles. The maximum Gasteiger partial charge on any atom is 0.241 e. The Morgan fingerprint density at radius 1 is 1.50 bits per heavy atom. The van der Waals surface area contributed by atoms with Crippen LogP contribution >= 0.6 is 11.3 Å². The zero-order valence-electron chi connectivity index (χ0n) is 11.1. The van der Waals surface area contributed by atoms with Crippen LogP contribution in [-0.4, -0.2) is 34.4 Å². The summed E-state index contributed by atoms with van der Waals surface area (Å²) in [5, 5.41) is 0. The van der Waals surface area contributed by atoms with Crippen molar-refractivity contribution in [2.45, 2.75) is 37.2 Å². The van der Waals surface area contributed by atoms with Gasteiger partial charge in [0, 0.05) is 22.3 Å². The summed E-state index contributed by atoms with van der Waals surface area (Å²) in [6, 6.07) is 1.01. The number of sulfone groups is 1. The van der Waals surface area contributed by atoms with Crippen molar-refractivity contribution >= 4 is 31.2 Å². The zero-order chi connectivity index (χ0) is 15.0. The number of sulfonamides is 1. The van der Waals surface area contributed by atoms with E-state index in [1.807, 2.05) is 0 Å². The minimum atomic E-state index is -3.69. The maximum atomic E-state index is 12.3. The molecule has 0 bridgehead atoms. The molecule has 1 unspecified atom stereocenters. The van der Waals surface area contributed by atoms with Crippen molar-refractivity contribution in [1.29, 1.82) is 0 Å². The Bertz CT molecular complexity index is 691. The summed E-state index contributed by atoms with van der Waals surface area (Å²) in [5.41, 5.74) is 5.51. The van der Waals surface area contributed by atoms with Crippen LogP contribution in [0.25, 0.3) is 0 Å². The molecule has 0 saturated carbocycles. The molecule has 0 spiro atoms. The fraction of sp³-hybridized carbons (Fsp3) is 0.636. The van der Waals surface area contributed by atoms with E-state index in [1.54, 1.807) is 13.0 Å². The van der Waals surface area contributed by atoms with Gasteiger partial charge in [-0.15, -0.1) is 11.3 Å². The molecule has 1 aromatic heterocycles. The Kier molecular flexibility index (Phi) is 4.55. The van der Waals surface area contributed by atoms with Gasteiger partial charge in [0.2, 0.25) is 10.0 Å². The molecule has 2 heterocycles. The number of aryl methyl sites for hydroxylation is 1. The van der Waals surface area contributed by atoms with Crippen LogP contribution in [0.4, 0.5) is 0 Å². The Hall–Kier alpha value is -0.480. The van der Waals surface area contributed by atoms with Crippen molar-refractivity contribution in [2.24, 2.45) is 5.73 Å². The third-order valence-corrected chi connectivity index (χ3v) is 7.87. The number of rotatable bonds is 4. The number of hydrogen-bond donors (Lipinski definition) is 2. The Morgan fingerprint density at radius 3 is 2.75 bits per heavy atom. The van der Waals surface area contributed by atoms with Gasteiger partial charge in [0.1, 0.15) is 0 Å². The van der Waals surface area contributed by atoms with Crippen LogP contribution in [0.1, 0.15) is 22.6 Å². The first kappa shape index (κ1) is 15.9. The smallest absolute Gasteiger partial charge is 0.241 e. The molecule has 6 nitrogen and oxygen atoms in total. The maximum absolute atomic E-state index is 12.3. The summed E-state index contributed by atoms with van der Waals surface area (Å²) < 4.78 is 50.2. The van der Waals surface area contributed by atoms with Gasteiger partial charge < -0.3 is 5.73 Å². The first-order valence-electron chi connectivity index (χ1n) is 6.25. The lowest BCUT2D eigenvalue weighted by molar-refractivity contribution is 0.517. The summed E-state index contributed by atoms with van der Waals surface area (Å²) in [5.74, 6) is 0.0131. The van der Waals surface area contributed by atoms with Gasteiger partial charge in [-0.2, -0.15) is 0 Å². The molecule has 114 valence electrons. The van der Waals surface area contributed by atoms with Gasteiger partial charge in [-0.3, -0.25) is 0 Å². The molecular weight excluding hydrogens is 320 g/mol. The second kappa shape index (κ2) is 5.72. The molecule has 1 aliphatic rings. The van der Waals surface area contributed by atoms with Crippen LogP contribution in [0.2, 0.25) is 0 Å². The normalized spacial score (nSPS) is 22.8. The van der Waals surface area contributed by atoms with E-state index in [2.05, 4.69) is 4.72 Å². The van der Waals surface area contributed by atoms with Crippen LogP contribution in [0.3, 0.4) is 0 Å². The van der Waals surface area contributed by atoms with Crippen molar-refractivity contribution in [3.63, 3.8) is 0 Å². The van der Waals surface area contributed by atoms with E-state index in [0.29, 0.717) is 24.3 Å². The van der Waals surface area contributed by atoms with Crippen molar-refractivity contribution < 1.29 is 16.8 Å². The second-order valence-corrected chi connectivity index (χ2v) is 10.2. The predicted molar refractivity (Wildman–Crippen MR) is 78.9 cm³/mol. The van der Waals surface area contributed by atoms with E-state index in [0.717, 1.165) is 4.88 Å². The van der Waals surface area contributed by atoms with E-state index in [9.17, 15) is 16.8 Å². The average molecular weight is 338 g/mol. The summed E-state index contributed by atoms with van der Waals surface area (Å²) >= 11 is 1.34. The number of hydrogen-bond acceptors (Lipinski definition) is 6. The molecule has 0 aromatic carbocycles. The fourth-order valence-electron chi connectivity index (χ4n) is 2.29. The number of nitrogens with one attached hydrogen (secondary N) is 1. The quantitative estimate of drug-likeness (QED) is 0.825. The molecule has 1 saturated heterocycles. The monoisotopic (exact) mass is 338 g/mol. The lowest BCUT2D eigenvalue weighted by Gasteiger charge is -2.22. The Balaban J connectivity index is 2.20. The fourth-order valence-corrected chi connectivity index (χ4v) is 6.82. The van der Waals surface area contributed by atoms with Gasteiger partial charge in [-0.05, 0) is 25.8 Å². The lowest BCUT2D eigenvalue weighted by Crippen LogP contribution is -2.43. The van der Waals surface area contributed by atoms with E-state index in [4.69, 9.17) is 5.73 Å². The van der Waals surface area contributed by atoms with Gasteiger partial charge in [0.15, 0.2) is 9.84 Å². The van der Waals surface area contributed by atoms with E-state index in [-0.39, 0.29) is 16.4 Å². The molecule has 0 radical (unpaired) electrons. The van der Waals surface area contributed by atoms with Crippen LogP contribution in [0.15, 0.2) is 11.0 Å². The minimum Gasteiger partial charge on any atom is -0.326 e. The van der Waals surface area contributed by atoms with E-state index in [1.165, 1.54) is 11.3 Å². The summed E-state index contributed by atoms with van der Waals surface area (Å²) in [7, 11) is -6.83. The highest BCUT2D eigenvalue weighted by Gasteiger charge is 2.29. The second-order valence-electron chi connectivity index (χ2n) is 4.91. The molecule has 1 atom stereocenters. The SMILES string of the molecule is Cc1sc(CN)cc1S(=O)(=O)NC1CCCS(=O)(=O)C1. The Labute approximate surface area is 123 Å². The first-order valence-corrected chi connectivity index (χ1v) is 10.4. The highest BCUT2D eigenvalue weighted by atomic mass is 32.2. The van der Waals surface area contributed by atoms with Crippen molar-refractivity contribution in [3.05, 3.63) is 15.8 Å². The molecule has 1 fully saturated rings. The van der Waals surface area contributed by atoms with Gasteiger partial charge in [-0.25, -0.2) is 21.6 Å². The predicted octanol–water partition coefficient (Wildman–Crippen LogP) is 0.371. The summed E-state index contributed by atoms with van der Waals surface area (Å²) in [6.45, 7) is 2.01. The van der Waals surface area contributed by atoms with Crippen LogP contribution in [-0.2, 0) is 26.4 Å². The van der Waals surface area contributed by atoms with Crippen LogP contribution in [0, 0.1) is 6.92 Å². The zero-order valence-corrected chi connectivity index (χ0v) is 13.6. The molecule has 2 rings (SSSR count). The summed E-state index contributed by atoms with van der Waals surface area (Å²) in [4.78, 5) is 1.65. The highest BCUT2D eigenvalue weighted by molar-refractivity contribution is 7.91. The average Bonchev–Trinajstić information content (AvgIpc) is 2.69. The first-order chi connectivity index (χ1) is 9.23. The van der Waals surface area contributed by atoms with Gasteiger partial charge in [0.25, 0.3) is 0 Å². The van der Waals surface area contributed by atoms with Crippen molar-refractivity contribution in [1.82, 2.24) is 4.72 Å². The third-order valence-electron chi connectivity index (χ3n) is 3.20. The van der Waals surface area contributed by atoms with Crippen LogP contribution < -0.4 is 10.5 Å². The Morgan fingerprint density at radius 2 is 2.20 bits per heavy atom. The topological polar surface area (TPSA) is 106 Å². The van der Waals surface area contributed by atoms with Crippen LogP contribution in [0.5, 0.6) is 0 Å².